The van der Waals surface area contributed by atoms with E-state index in [1.807, 2.05) is 0 Å². The molecule has 1 rings (SSSR count). The lowest BCUT2D eigenvalue weighted by Gasteiger charge is -2.27. The Morgan fingerprint density at radius 1 is 0.762 bits per heavy atom. The van der Waals surface area contributed by atoms with Crippen molar-refractivity contribution in [1.82, 2.24) is 5.32 Å². The summed E-state index contributed by atoms with van der Waals surface area (Å²) >= 11 is 0. The Morgan fingerprint density at radius 2 is 1.38 bits per heavy atom. The monoisotopic (exact) mass is 295 g/mol. The van der Waals surface area contributed by atoms with Crippen LogP contribution in [0.4, 0.5) is 0 Å². The predicted molar refractivity (Wildman–Crippen MR) is 95.9 cm³/mol. The fourth-order valence-electron chi connectivity index (χ4n) is 3.87. The molecule has 0 aliphatic heterocycles. The Balaban J connectivity index is 2.18. The minimum atomic E-state index is 0.818. The van der Waals surface area contributed by atoms with Crippen LogP contribution in [-0.4, -0.2) is 12.6 Å². The van der Waals surface area contributed by atoms with Crippen LogP contribution in [0.15, 0.2) is 0 Å². The molecular weight excluding hydrogens is 254 g/mol. The molecule has 0 heterocycles. The largest absolute Gasteiger partial charge is 0.314 e. The summed E-state index contributed by atoms with van der Waals surface area (Å²) in [6, 6.07) is 0.818. The van der Waals surface area contributed by atoms with Gasteiger partial charge in [0.15, 0.2) is 0 Å². The second-order valence-electron chi connectivity index (χ2n) is 7.22. The van der Waals surface area contributed by atoms with Crippen molar-refractivity contribution in [2.75, 3.05) is 6.54 Å². The van der Waals surface area contributed by atoms with Crippen molar-refractivity contribution in [1.29, 1.82) is 0 Å². The zero-order valence-corrected chi connectivity index (χ0v) is 15.0. The van der Waals surface area contributed by atoms with Gasteiger partial charge in [-0.15, -0.1) is 0 Å². The number of hydrogen-bond donors (Lipinski definition) is 1. The van der Waals surface area contributed by atoms with Crippen molar-refractivity contribution in [2.45, 2.75) is 116 Å². The predicted octanol–water partition coefficient (Wildman–Crippen LogP) is 6.47. The Kier molecular flexibility index (Phi) is 12.3. The Bertz CT molecular complexity index is 206. The highest BCUT2D eigenvalue weighted by molar-refractivity contribution is 4.78. The fraction of sp³-hybridized carbons (Fsp3) is 1.00. The van der Waals surface area contributed by atoms with Crippen LogP contribution < -0.4 is 5.32 Å². The highest BCUT2D eigenvalue weighted by Gasteiger charge is 2.21. The van der Waals surface area contributed by atoms with Crippen LogP contribution in [0.2, 0.25) is 0 Å². The van der Waals surface area contributed by atoms with E-state index < -0.39 is 0 Å². The van der Waals surface area contributed by atoms with Crippen LogP contribution in [0.5, 0.6) is 0 Å². The average Bonchev–Trinajstić information content (AvgIpc) is 2.78. The lowest BCUT2D eigenvalue weighted by molar-refractivity contribution is 0.297. The molecular formula is C20H41N. The summed E-state index contributed by atoms with van der Waals surface area (Å²) in [6.07, 6.45) is 21.7. The molecule has 0 radical (unpaired) electrons. The third-order valence-corrected chi connectivity index (χ3v) is 5.24. The van der Waals surface area contributed by atoms with Gasteiger partial charge in [0.1, 0.15) is 0 Å². The number of rotatable bonds is 12. The molecule has 1 unspecified atom stereocenters. The molecule has 1 aliphatic carbocycles. The van der Waals surface area contributed by atoms with Gasteiger partial charge in [0.25, 0.3) is 0 Å². The van der Waals surface area contributed by atoms with E-state index in [0.717, 1.165) is 12.0 Å². The van der Waals surface area contributed by atoms with E-state index in [1.165, 1.54) is 103 Å². The molecule has 0 bridgehead atoms. The van der Waals surface area contributed by atoms with Crippen LogP contribution in [0.1, 0.15) is 110 Å². The van der Waals surface area contributed by atoms with Crippen LogP contribution >= 0.6 is 0 Å². The van der Waals surface area contributed by atoms with Crippen molar-refractivity contribution in [2.24, 2.45) is 5.92 Å². The second-order valence-corrected chi connectivity index (χ2v) is 7.22. The maximum atomic E-state index is 3.88. The highest BCUT2D eigenvalue weighted by Crippen LogP contribution is 2.28. The van der Waals surface area contributed by atoms with Crippen LogP contribution in [0, 0.1) is 5.92 Å². The minimum Gasteiger partial charge on any atom is -0.314 e. The van der Waals surface area contributed by atoms with Gasteiger partial charge < -0.3 is 5.32 Å². The minimum absolute atomic E-state index is 0.818. The molecule has 0 aromatic heterocycles. The highest BCUT2D eigenvalue weighted by atomic mass is 14.9. The first-order valence-electron chi connectivity index (χ1n) is 10.1. The lowest BCUT2D eigenvalue weighted by atomic mass is 9.88. The maximum absolute atomic E-state index is 3.88. The summed E-state index contributed by atoms with van der Waals surface area (Å²) in [5, 5.41) is 3.88. The molecule has 0 saturated heterocycles. The molecule has 0 aromatic rings. The SMILES string of the molecule is CCCCCCCCCC(NCCC)C1CCCCCC1. The van der Waals surface area contributed by atoms with Gasteiger partial charge in [-0.3, -0.25) is 0 Å². The van der Waals surface area contributed by atoms with E-state index in [2.05, 4.69) is 19.2 Å². The van der Waals surface area contributed by atoms with E-state index in [0.29, 0.717) is 0 Å². The quantitative estimate of drug-likeness (QED) is 0.321. The van der Waals surface area contributed by atoms with E-state index in [1.54, 1.807) is 0 Å². The van der Waals surface area contributed by atoms with Gasteiger partial charge >= 0.3 is 0 Å². The van der Waals surface area contributed by atoms with Crippen molar-refractivity contribution in [3.8, 4) is 0 Å². The van der Waals surface area contributed by atoms with Gasteiger partial charge in [0.2, 0.25) is 0 Å². The first-order valence-corrected chi connectivity index (χ1v) is 10.1. The molecule has 1 fully saturated rings. The molecule has 1 atom stereocenters. The number of nitrogens with one attached hydrogen (secondary N) is 1. The average molecular weight is 296 g/mol. The Hall–Kier alpha value is -0.0400. The van der Waals surface area contributed by atoms with Gasteiger partial charge in [0.05, 0.1) is 0 Å². The summed E-state index contributed by atoms with van der Waals surface area (Å²) in [5.41, 5.74) is 0. The van der Waals surface area contributed by atoms with E-state index in [4.69, 9.17) is 0 Å². The van der Waals surface area contributed by atoms with Crippen molar-refractivity contribution in [3.05, 3.63) is 0 Å². The fourth-order valence-corrected chi connectivity index (χ4v) is 3.87. The second kappa shape index (κ2) is 13.6. The van der Waals surface area contributed by atoms with E-state index in [-0.39, 0.29) is 0 Å². The van der Waals surface area contributed by atoms with Crippen LogP contribution in [0.3, 0.4) is 0 Å². The van der Waals surface area contributed by atoms with Crippen LogP contribution in [0.25, 0.3) is 0 Å². The van der Waals surface area contributed by atoms with E-state index >= 15 is 0 Å². The zero-order valence-electron chi connectivity index (χ0n) is 15.0. The van der Waals surface area contributed by atoms with Gasteiger partial charge in [-0.2, -0.15) is 0 Å². The number of hydrogen-bond acceptors (Lipinski definition) is 1. The molecule has 1 saturated carbocycles. The molecule has 0 amide bonds. The van der Waals surface area contributed by atoms with Crippen molar-refractivity contribution >= 4 is 0 Å². The summed E-state index contributed by atoms with van der Waals surface area (Å²) < 4.78 is 0. The molecule has 21 heavy (non-hydrogen) atoms. The number of unbranched alkanes of at least 4 members (excludes halogenated alkanes) is 6. The molecule has 0 spiro atoms. The van der Waals surface area contributed by atoms with E-state index in [9.17, 15) is 0 Å². The molecule has 1 heteroatoms. The molecule has 126 valence electrons. The van der Waals surface area contributed by atoms with Crippen molar-refractivity contribution in [3.63, 3.8) is 0 Å². The van der Waals surface area contributed by atoms with Gasteiger partial charge in [-0.1, -0.05) is 84.5 Å². The normalized spacial score (nSPS) is 18.6. The zero-order chi connectivity index (χ0) is 15.2. The first-order chi connectivity index (χ1) is 10.4. The lowest BCUT2D eigenvalue weighted by Crippen LogP contribution is -2.36. The topological polar surface area (TPSA) is 12.0 Å². The molecule has 1 N–H and O–H groups in total. The summed E-state index contributed by atoms with van der Waals surface area (Å²) in [4.78, 5) is 0. The summed E-state index contributed by atoms with van der Waals surface area (Å²) in [6.45, 7) is 5.82. The smallest absolute Gasteiger partial charge is 0.00953 e. The third-order valence-electron chi connectivity index (χ3n) is 5.24. The first kappa shape index (κ1) is 19.0. The summed E-state index contributed by atoms with van der Waals surface area (Å²) in [7, 11) is 0. The molecule has 1 aliphatic rings. The molecule has 0 aromatic carbocycles. The van der Waals surface area contributed by atoms with Gasteiger partial charge in [0, 0.05) is 6.04 Å². The standard InChI is InChI=1S/C20H41N/c1-3-5-6-7-8-9-14-17-20(21-18-4-2)19-15-12-10-11-13-16-19/h19-21H,3-18H2,1-2H3. The Labute approximate surface area is 134 Å². The van der Waals surface area contributed by atoms with Gasteiger partial charge in [-0.05, 0) is 38.1 Å². The summed E-state index contributed by atoms with van der Waals surface area (Å²) in [5.74, 6) is 0.971. The van der Waals surface area contributed by atoms with Crippen molar-refractivity contribution < 1.29 is 0 Å². The van der Waals surface area contributed by atoms with Gasteiger partial charge in [-0.25, -0.2) is 0 Å². The third kappa shape index (κ3) is 9.55. The molecule has 1 nitrogen and oxygen atoms in total. The van der Waals surface area contributed by atoms with Crippen LogP contribution in [-0.2, 0) is 0 Å². The Morgan fingerprint density at radius 3 is 2.00 bits per heavy atom. The maximum Gasteiger partial charge on any atom is 0.00953 e.